The van der Waals surface area contributed by atoms with Crippen molar-refractivity contribution in [2.45, 2.75) is 26.8 Å². The SMILES string of the molecule is CC(=O)c1cccc(OCC(=O)NC(C)C)c1. The second kappa shape index (κ2) is 6.03. The maximum atomic E-state index is 11.3. The van der Waals surface area contributed by atoms with Gasteiger partial charge < -0.3 is 10.1 Å². The molecule has 1 aromatic carbocycles. The van der Waals surface area contributed by atoms with E-state index in [0.29, 0.717) is 11.3 Å². The third kappa shape index (κ3) is 4.68. The Balaban J connectivity index is 2.54. The molecule has 0 radical (unpaired) electrons. The van der Waals surface area contributed by atoms with E-state index in [-0.39, 0.29) is 24.3 Å². The Labute approximate surface area is 101 Å². The molecule has 0 atom stereocenters. The zero-order valence-electron chi connectivity index (χ0n) is 10.3. The first-order valence-corrected chi connectivity index (χ1v) is 5.52. The van der Waals surface area contributed by atoms with Crippen molar-refractivity contribution in [2.75, 3.05) is 6.61 Å². The van der Waals surface area contributed by atoms with Gasteiger partial charge in [-0.15, -0.1) is 0 Å². The quantitative estimate of drug-likeness (QED) is 0.792. The van der Waals surface area contributed by atoms with Crippen LogP contribution in [-0.4, -0.2) is 24.3 Å². The van der Waals surface area contributed by atoms with Crippen LogP contribution in [0.2, 0.25) is 0 Å². The summed E-state index contributed by atoms with van der Waals surface area (Å²) in [6.07, 6.45) is 0. The minimum absolute atomic E-state index is 0.0259. The molecule has 0 spiro atoms. The van der Waals surface area contributed by atoms with Gasteiger partial charge in [0, 0.05) is 11.6 Å². The molecule has 1 amide bonds. The predicted molar refractivity (Wildman–Crippen MR) is 65.2 cm³/mol. The first-order valence-electron chi connectivity index (χ1n) is 5.52. The van der Waals surface area contributed by atoms with Crippen molar-refractivity contribution in [3.05, 3.63) is 29.8 Å². The third-order valence-corrected chi connectivity index (χ3v) is 2.06. The Bertz CT molecular complexity index is 413. The van der Waals surface area contributed by atoms with Crippen molar-refractivity contribution < 1.29 is 14.3 Å². The molecule has 0 aliphatic rings. The number of rotatable bonds is 5. The molecule has 0 saturated heterocycles. The minimum atomic E-state index is -0.173. The van der Waals surface area contributed by atoms with E-state index in [0.717, 1.165) is 0 Å². The monoisotopic (exact) mass is 235 g/mol. The average molecular weight is 235 g/mol. The molecule has 0 heterocycles. The number of carbonyl (C=O) groups is 2. The van der Waals surface area contributed by atoms with Gasteiger partial charge in [0.05, 0.1) is 0 Å². The fourth-order valence-electron chi connectivity index (χ4n) is 1.32. The lowest BCUT2D eigenvalue weighted by atomic mass is 10.1. The van der Waals surface area contributed by atoms with Crippen LogP contribution >= 0.6 is 0 Å². The number of carbonyl (C=O) groups excluding carboxylic acids is 2. The summed E-state index contributed by atoms with van der Waals surface area (Å²) in [7, 11) is 0. The van der Waals surface area contributed by atoms with Crippen molar-refractivity contribution >= 4 is 11.7 Å². The van der Waals surface area contributed by atoms with Crippen molar-refractivity contribution in [2.24, 2.45) is 0 Å². The highest BCUT2D eigenvalue weighted by Gasteiger charge is 2.05. The lowest BCUT2D eigenvalue weighted by Crippen LogP contribution is -2.34. The van der Waals surface area contributed by atoms with Crippen LogP contribution in [-0.2, 0) is 4.79 Å². The molecule has 0 saturated carbocycles. The van der Waals surface area contributed by atoms with Crippen molar-refractivity contribution in [3.8, 4) is 5.75 Å². The molecule has 1 rings (SSSR count). The van der Waals surface area contributed by atoms with Gasteiger partial charge in [0.15, 0.2) is 12.4 Å². The van der Waals surface area contributed by atoms with Gasteiger partial charge in [0.1, 0.15) is 5.75 Å². The number of ketones is 1. The zero-order valence-corrected chi connectivity index (χ0v) is 10.3. The lowest BCUT2D eigenvalue weighted by molar-refractivity contribution is -0.123. The molecule has 0 aliphatic heterocycles. The Hall–Kier alpha value is -1.84. The Morgan fingerprint density at radius 2 is 2.06 bits per heavy atom. The average Bonchev–Trinajstić information content (AvgIpc) is 2.26. The van der Waals surface area contributed by atoms with E-state index in [1.807, 2.05) is 13.8 Å². The van der Waals surface area contributed by atoms with E-state index in [4.69, 9.17) is 4.74 Å². The normalized spacial score (nSPS) is 10.1. The number of amides is 1. The van der Waals surface area contributed by atoms with Crippen molar-refractivity contribution in [3.63, 3.8) is 0 Å². The highest BCUT2D eigenvalue weighted by Crippen LogP contribution is 2.13. The van der Waals surface area contributed by atoms with E-state index < -0.39 is 0 Å². The number of Topliss-reactive ketones (excluding diaryl/α,β-unsaturated/α-hetero) is 1. The molecule has 4 nitrogen and oxygen atoms in total. The number of benzene rings is 1. The topological polar surface area (TPSA) is 55.4 Å². The van der Waals surface area contributed by atoms with Crippen LogP contribution in [0.4, 0.5) is 0 Å². The smallest absolute Gasteiger partial charge is 0.258 e. The van der Waals surface area contributed by atoms with Gasteiger partial charge in [-0.05, 0) is 32.9 Å². The molecular formula is C13H17NO3. The number of nitrogens with one attached hydrogen (secondary N) is 1. The number of hydrogen-bond acceptors (Lipinski definition) is 3. The molecule has 1 N–H and O–H groups in total. The highest BCUT2D eigenvalue weighted by molar-refractivity contribution is 5.94. The van der Waals surface area contributed by atoms with E-state index >= 15 is 0 Å². The molecule has 1 aromatic rings. The molecule has 92 valence electrons. The van der Waals surface area contributed by atoms with Crippen molar-refractivity contribution in [1.82, 2.24) is 5.32 Å². The Kier molecular flexibility index (Phi) is 4.69. The molecule has 4 heteroatoms. The van der Waals surface area contributed by atoms with Crippen LogP contribution in [0.3, 0.4) is 0 Å². The molecule has 0 aliphatic carbocycles. The maximum absolute atomic E-state index is 11.3. The van der Waals surface area contributed by atoms with Crippen LogP contribution in [0.15, 0.2) is 24.3 Å². The predicted octanol–water partition coefficient (Wildman–Crippen LogP) is 1.79. The second-order valence-electron chi connectivity index (χ2n) is 4.09. The number of hydrogen-bond donors (Lipinski definition) is 1. The maximum Gasteiger partial charge on any atom is 0.258 e. The molecule has 0 bridgehead atoms. The van der Waals surface area contributed by atoms with Gasteiger partial charge in [0.2, 0.25) is 0 Å². The summed E-state index contributed by atoms with van der Waals surface area (Å²) in [5.74, 6) is 0.326. The van der Waals surface area contributed by atoms with E-state index in [1.165, 1.54) is 6.92 Å². The highest BCUT2D eigenvalue weighted by atomic mass is 16.5. The van der Waals surface area contributed by atoms with Crippen LogP contribution in [0, 0.1) is 0 Å². The molecular weight excluding hydrogens is 218 g/mol. The van der Waals surface area contributed by atoms with Crippen LogP contribution in [0.5, 0.6) is 5.75 Å². The summed E-state index contributed by atoms with van der Waals surface area (Å²) in [5, 5.41) is 2.72. The van der Waals surface area contributed by atoms with Crippen LogP contribution < -0.4 is 10.1 Å². The molecule has 0 fully saturated rings. The van der Waals surface area contributed by atoms with E-state index in [9.17, 15) is 9.59 Å². The standard InChI is InChI=1S/C13H17NO3/c1-9(2)14-13(16)8-17-12-6-4-5-11(7-12)10(3)15/h4-7,9H,8H2,1-3H3,(H,14,16). The van der Waals surface area contributed by atoms with Crippen LogP contribution in [0.1, 0.15) is 31.1 Å². The molecule has 0 aromatic heterocycles. The van der Waals surface area contributed by atoms with E-state index in [2.05, 4.69) is 5.32 Å². The largest absolute Gasteiger partial charge is 0.484 e. The molecule has 17 heavy (non-hydrogen) atoms. The first-order chi connectivity index (χ1) is 7.99. The summed E-state index contributed by atoms with van der Waals surface area (Å²) < 4.78 is 5.30. The Morgan fingerprint density at radius 3 is 2.65 bits per heavy atom. The number of ether oxygens (including phenoxy) is 1. The van der Waals surface area contributed by atoms with E-state index in [1.54, 1.807) is 24.3 Å². The summed E-state index contributed by atoms with van der Waals surface area (Å²) in [5.41, 5.74) is 0.576. The zero-order chi connectivity index (χ0) is 12.8. The summed E-state index contributed by atoms with van der Waals surface area (Å²) >= 11 is 0. The Morgan fingerprint density at radius 1 is 1.35 bits per heavy atom. The van der Waals surface area contributed by atoms with Gasteiger partial charge >= 0.3 is 0 Å². The fourth-order valence-corrected chi connectivity index (χ4v) is 1.32. The van der Waals surface area contributed by atoms with Gasteiger partial charge in [-0.1, -0.05) is 12.1 Å². The van der Waals surface area contributed by atoms with Gasteiger partial charge in [-0.25, -0.2) is 0 Å². The van der Waals surface area contributed by atoms with Crippen molar-refractivity contribution in [1.29, 1.82) is 0 Å². The van der Waals surface area contributed by atoms with Gasteiger partial charge in [0.25, 0.3) is 5.91 Å². The van der Waals surface area contributed by atoms with Gasteiger partial charge in [-0.2, -0.15) is 0 Å². The second-order valence-corrected chi connectivity index (χ2v) is 4.09. The minimum Gasteiger partial charge on any atom is -0.484 e. The third-order valence-electron chi connectivity index (χ3n) is 2.06. The first kappa shape index (κ1) is 13.2. The summed E-state index contributed by atoms with van der Waals surface area (Å²) in [4.78, 5) is 22.5. The summed E-state index contributed by atoms with van der Waals surface area (Å²) in [6, 6.07) is 6.88. The molecule has 0 unspecified atom stereocenters. The van der Waals surface area contributed by atoms with Crippen LogP contribution in [0.25, 0.3) is 0 Å². The van der Waals surface area contributed by atoms with Gasteiger partial charge in [-0.3, -0.25) is 9.59 Å². The summed E-state index contributed by atoms with van der Waals surface area (Å²) in [6.45, 7) is 5.21. The fraction of sp³-hybridized carbons (Fsp3) is 0.385. The lowest BCUT2D eigenvalue weighted by Gasteiger charge is -2.10.